The van der Waals surface area contributed by atoms with Gasteiger partial charge in [-0.3, -0.25) is 0 Å². The Morgan fingerprint density at radius 2 is 1.00 bits per heavy atom. The second-order valence-electron chi connectivity index (χ2n) is 0.365. The minimum Gasteiger partial charge on any atom is -0.392 e. The number of hydrogen-bond donors (Lipinski definition) is 2. The normalized spacial score (nSPS) is 6.00. The molecule has 0 aliphatic heterocycles. The molecule has 0 aromatic rings. The molecule has 0 rings (SSSR count). The third-order valence-corrected chi connectivity index (χ3v) is 0. The molecule has 2 N–H and O–H groups in total. The molecule has 2 unspecified atom stereocenters. The Labute approximate surface area is 42.4 Å². The average Bonchev–Trinajstić information content (AvgIpc) is 1.39. The van der Waals surface area contributed by atoms with Crippen molar-refractivity contribution in [3.63, 3.8) is 0 Å². The van der Waals surface area contributed by atoms with Gasteiger partial charge in [-0.05, 0) is 0 Å². The summed E-state index contributed by atoms with van der Waals surface area (Å²) in [5.41, 5.74) is 0. The average molecular weight is 128 g/mol. The van der Waals surface area contributed by atoms with E-state index >= 15 is 0 Å². The van der Waals surface area contributed by atoms with Crippen molar-refractivity contribution in [1.82, 2.24) is 0 Å². The van der Waals surface area contributed by atoms with Gasteiger partial charge >= 0.3 is 0 Å². The van der Waals surface area contributed by atoms with E-state index in [2.05, 4.69) is 18.5 Å². The molecule has 0 saturated carbocycles. The molecule has 0 aromatic heterocycles. The third-order valence-electron chi connectivity index (χ3n) is 0. The minimum atomic E-state index is 0.167. The summed E-state index contributed by atoms with van der Waals surface area (Å²) in [7, 11) is 4.27. The molecule has 2 nitrogen and oxygen atoms in total. The van der Waals surface area contributed by atoms with Crippen LogP contribution in [0, 0.1) is 0 Å². The van der Waals surface area contributed by atoms with Gasteiger partial charge in [-0.2, -0.15) is 0 Å². The lowest BCUT2D eigenvalue weighted by atomic mass is 11.7. The maximum atomic E-state index is 7.53. The summed E-state index contributed by atoms with van der Waals surface area (Å²) in [6.45, 7) is 0. The highest BCUT2D eigenvalue weighted by Gasteiger charge is 1.33. The molecule has 0 saturated heterocycles. The van der Waals surface area contributed by atoms with Crippen LogP contribution in [-0.2, 0) is 0 Å². The SMILES string of the molecule is OCP.OCP. The van der Waals surface area contributed by atoms with Gasteiger partial charge < -0.3 is 10.2 Å². The van der Waals surface area contributed by atoms with Gasteiger partial charge in [0.25, 0.3) is 0 Å². The standard InChI is InChI=1S/2CH5OP/c2*2-1-3/h2*2H,1,3H2. The molecule has 0 aliphatic carbocycles. The molecule has 2 atom stereocenters. The number of rotatable bonds is 0. The van der Waals surface area contributed by atoms with E-state index in [1.807, 2.05) is 0 Å². The van der Waals surface area contributed by atoms with Gasteiger partial charge in [-0.15, -0.1) is 18.5 Å². The van der Waals surface area contributed by atoms with Crippen molar-refractivity contribution in [2.75, 3.05) is 12.7 Å². The van der Waals surface area contributed by atoms with Crippen molar-refractivity contribution in [1.29, 1.82) is 0 Å². The van der Waals surface area contributed by atoms with E-state index < -0.39 is 0 Å². The van der Waals surface area contributed by atoms with Crippen LogP contribution in [0.15, 0.2) is 0 Å². The van der Waals surface area contributed by atoms with Crippen molar-refractivity contribution in [2.24, 2.45) is 0 Å². The van der Waals surface area contributed by atoms with E-state index in [-0.39, 0.29) is 12.7 Å². The van der Waals surface area contributed by atoms with E-state index in [1.165, 1.54) is 0 Å². The Morgan fingerprint density at radius 3 is 1.00 bits per heavy atom. The topological polar surface area (TPSA) is 40.5 Å². The largest absolute Gasteiger partial charge is 0.392 e. The van der Waals surface area contributed by atoms with Crippen LogP contribution in [0.4, 0.5) is 0 Å². The van der Waals surface area contributed by atoms with E-state index in [0.717, 1.165) is 0 Å². The molecule has 4 heteroatoms. The van der Waals surface area contributed by atoms with Crippen LogP contribution in [-0.4, -0.2) is 22.9 Å². The zero-order valence-corrected chi connectivity index (χ0v) is 5.77. The lowest BCUT2D eigenvalue weighted by Crippen LogP contribution is -1.47. The fraction of sp³-hybridized carbons (Fsp3) is 1.00. The summed E-state index contributed by atoms with van der Waals surface area (Å²) in [6, 6.07) is 0. The predicted octanol–water partition coefficient (Wildman–Crippen LogP) is -0.377. The molecule has 0 amide bonds. The zero-order valence-electron chi connectivity index (χ0n) is 3.46. The molecule has 0 radical (unpaired) electrons. The number of aliphatic hydroxyl groups excluding tert-OH is 2. The van der Waals surface area contributed by atoms with E-state index in [9.17, 15) is 0 Å². The van der Waals surface area contributed by atoms with E-state index in [4.69, 9.17) is 10.2 Å². The molecule has 0 aromatic carbocycles. The van der Waals surface area contributed by atoms with Gasteiger partial charge in [0.15, 0.2) is 0 Å². The van der Waals surface area contributed by atoms with Gasteiger partial charge in [-0.1, -0.05) is 0 Å². The van der Waals surface area contributed by atoms with E-state index in [0.29, 0.717) is 0 Å². The van der Waals surface area contributed by atoms with Crippen LogP contribution in [0.25, 0.3) is 0 Å². The zero-order chi connectivity index (χ0) is 5.41. The first-order valence-corrected chi connectivity index (χ1v) is 3.08. The summed E-state index contributed by atoms with van der Waals surface area (Å²) >= 11 is 0. The molecule has 6 heavy (non-hydrogen) atoms. The lowest BCUT2D eigenvalue weighted by molar-refractivity contribution is 0.374. The van der Waals surface area contributed by atoms with Crippen molar-refractivity contribution in [3.05, 3.63) is 0 Å². The van der Waals surface area contributed by atoms with Gasteiger partial charge in [0.05, 0.1) is 12.7 Å². The van der Waals surface area contributed by atoms with Crippen LogP contribution < -0.4 is 0 Å². The molecule has 0 aliphatic rings. The fourth-order valence-corrected chi connectivity index (χ4v) is 0. The highest BCUT2D eigenvalue weighted by atomic mass is 31.0. The summed E-state index contributed by atoms with van der Waals surface area (Å²) in [4.78, 5) is 0. The van der Waals surface area contributed by atoms with Crippen molar-refractivity contribution >= 4 is 18.5 Å². The first kappa shape index (κ1) is 9.91. The molecule has 0 spiro atoms. The number of aliphatic hydroxyl groups is 2. The maximum Gasteiger partial charge on any atom is 0.0567 e. The summed E-state index contributed by atoms with van der Waals surface area (Å²) in [5, 5.41) is 15.1. The van der Waals surface area contributed by atoms with Gasteiger partial charge in [-0.25, -0.2) is 0 Å². The van der Waals surface area contributed by atoms with Crippen molar-refractivity contribution in [2.45, 2.75) is 0 Å². The molecule has 0 heterocycles. The maximum absolute atomic E-state index is 7.53. The summed E-state index contributed by atoms with van der Waals surface area (Å²) in [5.74, 6) is 0. The van der Waals surface area contributed by atoms with E-state index in [1.54, 1.807) is 0 Å². The van der Waals surface area contributed by atoms with Crippen LogP contribution in [0.3, 0.4) is 0 Å². The highest BCUT2D eigenvalue weighted by Crippen LogP contribution is 1.63. The van der Waals surface area contributed by atoms with Crippen LogP contribution in [0.2, 0.25) is 0 Å². The summed E-state index contributed by atoms with van der Waals surface area (Å²) < 4.78 is 0. The fourth-order valence-electron chi connectivity index (χ4n) is 0. The second-order valence-corrected chi connectivity index (χ2v) is 1.10. The Morgan fingerprint density at radius 1 is 1.00 bits per heavy atom. The Bertz CT molecular complexity index is 11.5. The second kappa shape index (κ2) is 17.1. The molecule has 0 bridgehead atoms. The Kier molecular flexibility index (Phi) is 28.2. The molecular weight excluding hydrogens is 118 g/mol. The Balaban J connectivity index is 0. The predicted molar refractivity (Wildman–Crippen MR) is 33.6 cm³/mol. The van der Waals surface area contributed by atoms with Gasteiger partial charge in [0.1, 0.15) is 0 Å². The van der Waals surface area contributed by atoms with Gasteiger partial charge in [0.2, 0.25) is 0 Å². The first-order chi connectivity index (χ1) is 2.83. The minimum absolute atomic E-state index is 0.167. The first-order valence-electron chi connectivity index (χ1n) is 1.45. The van der Waals surface area contributed by atoms with Crippen molar-refractivity contribution in [3.8, 4) is 0 Å². The van der Waals surface area contributed by atoms with Crippen LogP contribution >= 0.6 is 18.5 Å². The smallest absolute Gasteiger partial charge is 0.0567 e. The highest BCUT2D eigenvalue weighted by molar-refractivity contribution is 7.16. The summed E-state index contributed by atoms with van der Waals surface area (Å²) in [6.07, 6.45) is 0.333. The molecular formula is C2H10O2P2. The van der Waals surface area contributed by atoms with Crippen LogP contribution in [0.1, 0.15) is 0 Å². The lowest BCUT2D eigenvalue weighted by Gasteiger charge is -1.53. The molecule has 40 valence electrons. The van der Waals surface area contributed by atoms with Crippen LogP contribution in [0.5, 0.6) is 0 Å². The van der Waals surface area contributed by atoms with Crippen molar-refractivity contribution < 1.29 is 10.2 Å². The number of hydrogen-bond acceptors (Lipinski definition) is 2. The monoisotopic (exact) mass is 128 g/mol. The quantitative estimate of drug-likeness (QED) is 0.436. The Hall–Kier alpha value is 0.780. The molecule has 0 fully saturated rings. The van der Waals surface area contributed by atoms with Gasteiger partial charge in [0, 0.05) is 0 Å². The third kappa shape index (κ3) is 112.